The molecule has 2 fully saturated rings. The number of carboxylic acid groups (broad SMARTS) is 1. The number of hydrogen-bond acceptors (Lipinski definition) is 5. The fourth-order valence-electron chi connectivity index (χ4n) is 6.51. The minimum Gasteiger partial charge on any atom is -0.481 e. The number of nitrogens with one attached hydrogen (secondary N) is 1. The standard InChI is InChI=1S/C24H23NOS.C13H13NS.C11H12O2/c1-24(16-22(24)19-10-6-3-7-11-19)23(26)25-20-12-14-21(15-13-20)27-17-18-8-4-2-5-9-18;14-12-6-8-13(9-7-12)15-10-11-4-2-1-3-5-11;1-11(10(12)13)7-9(11)8-5-3-2-4-6-8/h2-15,22H,16-17H2,1H3,(H,25,26);1-9H,10,14H2;2-6,9H,7H2,1H3,(H,12,13). The van der Waals surface area contributed by atoms with Gasteiger partial charge < -0.3 is 16.2 Å². The molecule has 2 saturated carbocycles. The van der Waals surface area contributed by atoms with Gasteiger partial charge >= 0.3 is 5.97 Å². The molecule has 4 atom stereocenters. The highest BCUT2D eigenvalue weighted by Crippen LogP contribution is 2.60. The molecular formula is C48H48N2O3S2. The number of hydrogen-bond donors (Lipinski definition) is 3. The van der Waals surface area contributed by atoms with Crippen molar-refractivity contribution in [1.29, 1.82) is 0 Å². The molecule has 8 rings (SSSR count). The molecule has 0 aromatic heterocycles. The first-order valence-corrected chi connectivity index (χ1v) is 20.5. The highest BCUT2D eigenvalue weighted by atomic mass is 32.2. The number of nitrogen functional groups attached to an aromatic ring is 1. The molecule has 0 heterocycles. The van der Waals surface area contributed by atoms with Crippen molar-refractivity contribution in [3.63, 3.8) is 0 Å². The summed E-state index contributed by atoms with van der Waals surface area (Å²) in [5, 5.41) is 12.0. The average molecular weight is 765 g/mol. The molecule has 4 unspecified atom stereocenters. The van der Waals surface area contributed by atoms with Gasteiger partial charge in [-0.2, -0.15) is 0 Å². The van der Waals surface area contributed by atoms with E-state index in [4.69, 9.17) is 10.8 Å². The number of carbonyl (C=O) groups excluding carboxylic acids is 1. The number of thioether (sulfide) groups is 2. The van der Waals surface area contributed by atoms with E-state index < -0.39 is 11.4 Å². The predicted octanol–water partition coefficient (Wildman–Crippen LogP) is 11.9. The molecular weight excluding hydrogens is 717 g/mol. The Balaban J connectivity index is 0.000000155. The van der Waals surface area contributed by atoms with Gasteiger partial charge in [0.1, 0.15) is 0 Å². The second-order valence-electron chi connectivity index (χ2n) is 14.6. The van der Waals surface area contributed by atoms with Crippen molar-refractivity contribution in [2.24, 2.45) is 10.8 Å². The quantitative estimate of drug-likeness (QED) is 0.0899. The van der Waals surface area contributed by atoms with Crippen LogP contribution in [-0.2, 0) is 21.1 Å². The Bertz CT molecular complexity index is 2120. The monoisotopic (exact) mass is 764 g/mol. The molecule has 280 valence electrons. The van der Waals surface area contributed by atoms with E-state index in [-0.39, 0.29) is 17.2 Å². The second-order valence-corrected chi connectivity index (χ2v) is 16.7. The Morgan fingerprint density at radius 3 is 1.38 bits per heavy atom. The van der Waals surface area contributed by atoms with Crippen molar-refractivity contribution in [3.05, 3.63) is 192 Å². The zero-order valence-electron chi connectivity index (χ0n) is 31.3. The summed E-state index contributed by atoms with van der Waals surface area (Å²) in [6.45, 7) is 3.87. The Labute approximate surface area is 333 Å². The molecule has 2 aliphatic rings. The second kappa shape index (κ2) is 18.4. The number of carbonyl (C=O) groups is 2. The summed E-state index contributed by atoms with van der Waals surface area (Å²) in [4.78, 5) is 26.1. The van der Waals surface area contributed by atoms with E-state index in [9.17, 15) is 9.59 Å². The third kappa shape index (κ3) is 10.9. The maximum Gasteiger partial charge on any atom is 0.309 e. The Hall–Kier alpha value is -5.24. The van der Waals surface area contributed by atoms with Crippen molar-refractivity contribution in [2.45, 2.75) is 59.8 Å². The fourth-order valence-corrected chi connectivity index (χ4v) is 8.22. The lowest BCUT2D eigenvalue weighted by molar-refractivity contribution is -0.142. The van der Waals surface area contributed by atoms with Crippen LogP contribution in [0.2, 0.25) is 0 Å². The van der Waals surface area contributed by atoms with Crippen LogP contribution in [0.4, 0.5) is 11.4 Å². The number of rotatable bonds is 11. The number of aliphatic carboxylic acids is 1. The van der Waals surface area contributed by atoms with Crippen molar-refractivity contribution < 1.29 is 14.7 Å². The molecule has 55 heavy (non-hydrogen) atoms. The van der Waals surface area contributed by atoms with Crippen LogP contribution in [0.15, 0.2) is 180 Å². The van der Waals surface area contributed by atoms with Crippen molar-refractivity contribution in [1.82, 2.24) is 0 Å². The number of carboxylic acids is 1. The summed E-state index contributed by atoms with van der Waals surface area (Å²) in [5.74, 6) is 1.92. The molecule has 0 saturated heterocycles. The first kappa shape index (κ1) is 39.5. The number of benzene rings is 6. The van der Waals surface area contributed by atoms with Gasteiger partial charge in [0.2, 0.25) is 5.91 Å². The molecule has 0 radical (unpaired) electrons. The molecule has 0 spiro atoms. The van der Waals surface area contributed by atoms with Crippen molar-refractivity contribution in [2.75, 3.05) is 11.1 Å². The van der Waals surface area contributed by atoms with Gasteiger partial charge in [-0.15, -0.1) is 23.5 Å². The summed E-state index contributed by atoms with van der Waals surface area (Å²) in [5.41, 5.74) is 11.6. The number of anilines is 2. The Kier molecular flexibility index (Phi) is 13.2. The van der Waals surface area contributed by atoms with Gasteiger partial charge in [0.05, 0.1) is 10.8 Å². The van der Waals surface area contributed by atoms with Gasteiger partial charge in [0.15, 0.2) is 0 Å². The summed E-state index contributed by atoms with van der Waals surface area (Å²) < 4.78 is 0. The highest BCUT2D eigenvalue weighted by Gasteiger charge is 2.57. The number of amides is 1. The third-order valence-electron chi connectivity index (χ3n) is 10.4. The number of nitrogens with two attached hydrogens (primary N) is 1. The molecule has 0 aliphatic heterocycles. The fraction of sp³-hybridized carbons (Fsp3) is 0.208. The zero-order chi connectivity index (χ0) is 38.7. The molecule has 1 amide bonds. The minimum absolute atomic E-state index is 0.112. The van der Waals surface area contributed by atoms with Crippen LogP contribution in [0, 0.1) is 10.8 Å². The largest absolute Gasteiger partial charge is 0.481 e. The molecule has 5 nitrogen and oxygen atoms in total. The first-order valence-electron chi connectivity index (χ1n) is 18.6. The molecule has 0 bridgehead atoms. The van der Waals surface area contributed by atoms with Gasteiger partial charge in [0, 0.05) is 38.6 Å². The van der Waals surface area contributed by atoms with Crippen LogP contribution in [0.1, 0.15) is 60.8 Å². The van der Waals surface area contributed by atoms with Gasteiger partial charge in [-0.05, 0) is 96.5 Å². The SMILES string of the molecule is CC1(C(=O)Nc2ccc(SCc3ccccc3)cc2)CC1c1ccccc1.CC1(C(=O)O)CC1c1ccccc1.Nc1ccc(SCc2ccccc2)cc1. The summed E-state index contributed by atoms with van der Waals surface area (Å²) in [6.07, 6.45) is 1.68. The van der Waals surface area contributed by atoms with E-state index in [1.54, 1.807) is 11.8 Å². The van der Waals surface area contributed by atoms with Crippen LogP contribution < -0.4 is 11.1 Å². The van der Waals surface area contributed by atoms with E-state index in [2.05, 4.69) is 97.2 Å². The van der Waals surface area contributed by atoms with Crippen LogP contribution in [0.3, 0.4) is 0 Å². The van der Waals surface area contributed by atoms with E-state index in [0.717, 1.165) is 41.3 Å². The third-order valence-corrected chi connectivity index (χ3v) is 12.5. The Morgan fingerprint density at radius 2 is 0.964 bits per heavy atom. The maximum absolute atomic E-state index is 12.8. The van der Waals surface area contributed by atoms with Gasteiger partial charge in [0.25, 0.3) is 0 Å². The topological polar surface area (TPSA) is 92.4 Å². The molecule has 6 aromatic carbocycles. The van der Waals surface area contributed by atoms with Crippen molar-refractivity contribution in [3.8, 4) is 0 Å². The smallest absolute Gasteiger partial charge is 0.309 e. The summed E-state index contributed by atoms with van der Waals surface area (Å²) in [6, 6.07) is 57.2. The Morgan fingerprint density at radius 1 is 0.582 bits per heavy atom. The van der Waals surface area contributed by atoms with Crippen molar-refractivity contribution >= 4 is 46.8 Å². The van der Waals surface area contributed by atoms with Gasteiger partial charge in [-0.25, -0.2) is 0 Å². The molecule has 2 aliphatic carbocycles. The van der Waals surface area contributed by atoms with E-state index in [1.165, 1.54) is 26.5 Å². The lowest BCUT2D eigenvalue weighted by atomic mass is 10.00. The lowest BCUT2D eigenvalue weighted by Gasteiger charge is -2.13. The van der Waals surface area contributed by atoms with Crippen LogP contribution >= 0.6 is 23.5 Å². The van der Waals surface area contributed by atoms with E-state index in [1.807, 2.05) is 104 Å². The highest BCUT2D eigenvalue weighted by molar-refractivity contribution is 7.98. The van der Waals surface area contributed by atoms with E-state index in [0.29, 0.717) is 5.92 Å². The molecule has 4 N–H and O–H groups in total. The van der Waals surface area contributed by atoms with Crippen LogP contribution in [0.25, 0.3) is 0 Å². The first-order chi connectivity index (χ1) is 26.6. The molecule has 7 heteroatoms. The summed E-state index contributed by atoms with van der Waals surface area (Å²) in [7, 11) is 0. The maximum atomic E-state index is 12.8. The van der Waals surface area contributed by atoms with Gasteiger partial charge in [-0.3, -0.25) is 9.59 Å². The van der Waals surface area contributed by atoms with Crippen LogP contribution in [0.5, 0.6) is 0 Å². The molecule has 6 aromatic rings. The predicted molar refractivity (Wildman–Crippen MR) is 229 cm³/mol. The van der Waals surface area contributed by atoms with E-state index >= 15 is 0 Å². The minimum atomic E-state index is -0.679. The zero-order valence-corrected chi connectivity index (χ0v) is 32.9. The lowest BCUT2D eigenvalue weighted by Crippen LogP contribution is -2.23. The normalized spacial score (nSPS) is 20.4. The van der Waals surface area contributed by atoms with Gasteiger partial charge in [-0.1, -0.05) is 128 Å². The summed E-state index contributed by atoms with van der Waals surface area (Å²) >= 11 is 3.63. The van der Waals surface area contributed by atoms with Crippen LogP contribution in [-0.4, -0.2) is 17.0 Å². The average Bonchev–Trinajstić information content (AvgIpc) is 4.14.